The maximum atomic E-state index is 5.69. The molecular formula is C18H32IN3O2. The summed E-state index contributed by atoms with van der Waals surface area (Å²) in [5, 5.41) is 6.57. The molecule has 0 fully saturated rings. The Balaban J connectivity index is 0.00000529. The van der Waals surface area contributed by atoms with Crippen LogP contribution < -0.4 is 15.4 Å². The van der Waals surface area contributed by atoms with Crippen LogP contribution in [0.25, 0.3) is 0 Å². The summed E-state index contributed by atoms with van der Waals surface area (Å²) in [6, 6.07) is 7.91. The molecule has 0 unspecified atom stereocenters. The number of ether oxygens (including phenoxy) is 2. The second-order valence-corrected chi connectivity index (χ2v) is 5.83. The van der Waals surface area contributed by atoms with E-state index in [0.717, 1.165) is 42.7 Å². The van der Waals surface area contributed by atoms with Gasteiger partial charge in [-0.3, -0.25) is 4.99 Å². The third-order valence-corrected chi connectivity index (χ3v) is 3.46. The van der Waals surface area contributed by atoms with E-state index in [2.05, 4.69) is 29.5 Å². The first-order chi connectivity index (χ1) is 11.2. The Morgan fingerprint density at radius 1 is 1.17 bits per heavy atom. The zero-order valence-electron chi connectivity index (χ0n) is 15.3. The molecule has 2 N–H and O–H groups in total. The van der Waals surface area contributed by atoms with Gasteiger partial charge in [0.1, 0.15) is 5.75 Å². The van der Waals surface area contributed by atoms with E-state index in [1.165, 1.54) is 6.42 Å². The molecule has 0 aliphatic rings. The van der Waals surface area contributed by atoms with Crippen molar-refractivity contribution in [2.24, 2.45) is 10.9 Å². The molecule has 0 atom stereocenters. The second-order valence-electron chi connectivity index (χ2n) is 5.83. The van der Waals surface area contributed by atoms with Crippen molar-refractivity contribution in [3.8, 4) is 5.75 Å². The van der Waals surface area contributed by atoms with Crippen molar-refractivity contribution in [2.75, 3.05) is 33.9 Å². The van der Waals surface area contributed by atoms with Gasteiger partial charge in [-0.1, -0.05) is 32.0 Å². The van der Waals surface area contributed by atoms with Gasteiger partial charge in [-0.25, -0.2) is 0 Å². The fourth-order valence-corrected chi connectivity index (χ4v) is 2.18. The van der Waals surface area contributed by atoms with E-state index >= 15 is 0 Å². The number of nitrogens with zero attached hydrogens (tertiary/aromatic N) is 1. The van der Waals surface area contributed by atoms with Crippen molar-refractivity contribution < 1.29 is 9.47 Å². The van der Waals surface area contributed by atoms with E-state index in [-0.39, 0.29) is 24.0 Å². The van der Waals surface area contributed by atoms with Crippen LogP contribution in [0.15, 0.2) is 29.3 Å². The molecular weight excluding hydrogens is 417 g/mol. The van der Waals surface area contributed by atoms with Gasteiger partial charge in [0, 0.05) is 25.7 Å². The van der Waals surface area contributed by atoms with Gasteiger partial charge in [0.05, 0.1) is 20.3 Å². The van der Waals surface area contributed by atoms with Crippen molar-refractivity contribution in [3.63, 3.8) is 0 Å². The van der Waals surface area contributed by atoms with E-state index in [4.69, 9.17) is 9.47 Å². The molecule has 1 aromatic carbocycles. The maximum absolute atomic E-state index is 5.69. The highest BCUT2D eigenvalue weighted by atomic mass is 127. The molecule has 0 aliphatic heterocycles. The van der Waals surface area contributed by atoms with Crippen LogP contribution in [-0.2, 0) is 11.3 Å². The lowest BCUT2D eigenvalue weighted by Gasteiger charge is -2.13. The topological polar surface area (TPSA) is 54.9 Å². The highest BCUT2D eigenvalue weighted by Gasteiger charge is 2.02. The van der Waals surface area contributed by atoms with Crippen molar-refractivity contribution in [3.05, 3.63) is 29.8 Å². The molecule has 6 heteroatoms. The first-order valence-electron chi connectivity index (χ1n) is 8.31. The van der Waals surface area contributed by atoms with Crippen LogP contribution in [-0.4, -0.2) is 39.8 Å². The Kier molecular flexibility index (Phi) is 13.7. The van der Waals surface area contributed by atoms with Gasteiger partial charge >= 0.3 is 0 Å². The van der Waals surface area contributed by atoms with Crippen LogP contribution in [0.3, 0.4) is 0 Å². The largest absolute Gasteiger partial charge is 0.496 e. The lowest BCUT2D eigenvalue weighted by Crippen LogP contribution is -2.39. The van der Waals surface area contributed by atoms with Crippen LogP contribution in [0.5, 0.6) is 5.75 Å². The van der Waals surface area contributed by atoms with Crippen molar-refractivity contribution in [1.29, 1.82) is 0 Å². The monoisotopic (exact) mass is 449 g/mol. The Labute approximate surface area is 163 Å². The number of methoxy groups -OCH3 is 1. The predicted molar refractivity (Wildman–Crippen MR) is 112 cm³/mol. The van der Waals surface area contributed by atoms with Crippen LogP contribution in [0, 0.1) is 5.92 Å². The van der Waals surface area contributed by atoms with Gasteiger partial charge in [-0.2, -0.15) is 0 Å². The molecule has 0 bridgehead atoms. The zero-order valence-corrected chi connectivity index (χ0v) is 17.6. The molecule has 1 rings (SSSR count). The summed E-state index contributed by atoms with van der Waals surface area (Å²) >= 11 is 0. The highest BCUT2D eigenvalue weighted by Crippen LogP contribution is 2.17. The molecule has 0 heterocycles. The molecule has 0 aliphatic carbocycles. The zero-order chi connectivity index (χ0) is 16.9. The minimum atomic E-state index is 0. The van der Waals surface area contributed by atoms with Crippen molar-refractivity contribution in [2.45, 2.75) is 33.3 Å². The number of benzene rings is 1. The second kappa shape index (κ2) is 14.3. The molecule has 0 radical (unpaired) electrons. The van der Waals surface area contributed by atoms with E-state index in [1.54, 1.807) is 14.2 Å². The molecule has 0 spiro atoms. The Bertz CT molecular complexity index is 467. The normalized spacial score (nSPS) is 11.1. The third-order valence-electron chi connectivity index (χ3n) is 3.46. The quantitative estimate of drug-likeness (QED) is 0.249. The van der Waals surface area contributed by atoms with E-state index in [1.807, 2.05) is 24.3 Å². The molecule has 138 valence electrons. The summed E-state index contributed by atoms with van der Waals surface area (Å²) in [5.41, 5.74) is 1.06. The molecule has 0 saturated carbocycles. The lowest BCUT2D eigenvalue weighted by molar-refractivity contribution is 0.123. The predicted octanol–water partition coefficient (Wildman–Crippen LogP) is 3.43. The first-order valence-corrected chi connectivity index (χ1v) is 8.31. The Morgan fingerprint density at radius 2 is 1.88 bits per heavy atom. The van der Waals surface area contributed by atoms with Crippen LogP contribution >= 0.6 is 24.0 Å². The summed E-state index contributed by atoms with van der Waals surface area (Å²) in [4.78, 5) is 4.21. The number of rotatable bonds is 10. The van der Waals surface area contributed by atoms with Crippen LogP contribution in [0.4, 0.5) is 0 Å². The van der Waals surface area contributed by atoms with E-state index in [9.17, 15) is 0 Å². The molecule has 0 aromatic heterocycles. The van der Waals surface area contributed by atoms with Crippen molar-refractivity contribution in [1.82, 2.24) is 10.6 Å². The minimum absolute atomic E-state index is 0. The molecule has 24 heavy (non-hydrogen) atoms. The van der Waals surface area contributed by atoms with E-state index < -0.39 is 0 Å². The Hall–Kier alpha value is -1.02. The third kappa shape index (κ3) is 9.97. The van der Waals surface area contributed by atoms with Gasteiger partial charge in [0.25, 0.3) is 0 Å². The number of hydrogen-bond donors (Lipinski definition) is 2. The highest BCUT2D eigenvalue weighted by molar-refractivity contribution is 14.0. The number of para-hydroxylation sites is 1. The number of halogens is 1. The average Bonchev–Trinajstić information content (AvgIpc) is 2.56. The smallest absolute Gasteiger partial charge is 0.191 e. The number of aliphatic imine (C=N–C) groups is 1. The Morgan fingerprint density at radius 3 is 2.54 bits per heavy atom. The maximum Gasteiger partial charge on any atom is 0.191 e. The number of guanidine groups is 1. The van der Waals surface area contributed by atoms with Crippen LogP contribution in [0.2, 0.25) is 0 Å². The number of hydrogen-bond acceptors (Lipinski definition) is 3. The van der Waals surface area contributed by atoms with E-state index in [0.29, 0.717) is 13.2 Å². The summed E-state index contributed by atoms with van der Waals surface area (Å²) in [6.07, 6.45) is 2.38. The first kappa shape index (κ1) is 23.0. The van der Waals surface area contributed by atoms with Crippen LogP contribution in [0.1, 0.15) is 32.3 Å². The summed E-state index contributed by atoms with van der Waals surface area (Å²) in [6.45, 7) is 7.31. The van der Waals surface area contributed by atoms with Gasteiger partial charge < -0.3 is 20.1 Å². The van der Waals surface area contributed by atoms with Gasteiger partial charge in [0.2, 0.25) is 0 Å². The average molecular weight is 449 g/mol. The fourth-order valence-electron chi connectivity index (χ4n) is 2.18. The standard InChI is InChI=1S/C18H31N3O2.HI/c1-15(2)8-7-11-20-18(19-3)21-12-13-23-14-16-9-5-6-10-17(16)22-4;/h5-6,9-10,15H,7-8,11-14H2,1-4H3,(H2,19,20,21);1H. The van der Waals surface area contributed by atoms with Gasteiger partial charge in [0.15, 0.2) is 5.96 Å². The fraction of sp³-hybridized carbons (Fsp3) is 0.611. The minimum Gasteiger partial charge on any atom is -0.496 e. The van der Waals surface area contributed by atoms with Crippen molar-refractivity contribution >= 4 is 29.9 Å². The summed E-state index contributed by atoms with van der Waals surface area (Å²) < 4.78 is 11.0. The molecule has 0 amide bonds. The van der Waals surface area contributed by atoms with Gasteiger partial charge in [-0.15, -0.1) is 24.0 Å². The molecule has 5 nitrogen and oxygen atoms in total. The summed E-state index contributed by atoms with van der Waals surface area (Å²) in [5.74, 6) is 2.44. The molecule has 0 saturated heterocycles. The SMILES string of the molecule is CN=C(NCCCC(C)C)NCCOCc1ccccc1OC.I. The number of nitrogens with one attached hydrogen (secondary N) is 2. The van der Waals surface area contributed by atoms with Gasteiger partial charge in [-0.05, 0) is 24.8 Å². The lowest BCUT2D eigenvalue weighted by atomic mass is 10.1. The summed E-state index contributed by atoms with van der Waals surface area (Å²) in [7, 11) is 3.46. The molecule has 1 aromatic rings.